The van der Waals surface area contributed by atoms with E-state index in [0.29, 0.717) is 45.7 Å². The number of amides is 3. The lowest BCUT2D eigenvalue weighted by Gasteiger charge is -2.33. The molecule has 0 atom stereocenters. The zero-order chi connectivity index (χ0) is 16.2. The third kappa shape index (κ3) is 4.57. The van der Waals surface area contributed by atoms with E-state index in [-0.39, 0.29) is 11.9 Å². The minimum absolute atomic E-state index is 0.166. The van der Waals surface area contributed by atoms with Gasteiger partial charge in [0.2, 0.25) is 15.9 Å². The van der Waals surface area contributed by atoms with Crippen LogP contribution >= 0.6 is 0 Å². The maximum atomic E-state index is 12.0. The number of carbonyl (C=O) groups is 2. The third-order valence-corrected chi connectivity index (χ3v) is 5.35. The molecule has 0 aromatic carbocycles. The molecule has 1 N–H and O–H groups in total. The highest BCUT2D eigenvalue weighted by Gasteiger charge is 2.25. The van der Waals surface area contributed by atoms with E-state index in [1.807, 2.05) is 4.90 Å². The topological polar surface area (TPSA) is 90.0 Å². The lowest BCUT2D eigenvalue weighted by Crippen LogP contribution is -2.53. The standard InChI is InChI=1S/C13H24N4O4S/c1-22(20,21)17-10-8-16(9-11-17)13(19)14-5-3-7-15-6-2-4-12(15)18/h2-11H2,1H3,(H,14,19). The number of carbonyl (C=O) groups excluding carboxylic acids is 2. The Kier molecular flexibility index (Phi) is 5.63. The molecule has 2 aliphatic heterocycles. The van der Waals surface area contributed by atoms with Gasteiger partial charge in [-0.05, 0) is 12.8 Å². The van der Waals surface area contributed by atoms with Crippen molar-refractivity contribution < 1.29 is 18.0 Å². The van der Waals surface area contributed by atoms with E-state index in [1.54, 1.807) is 4.90 Å². The van der Waals surface area contributed by atoms with Crippen LogP contribution in [0, 0.1) is 0 Å². The Hall–Kier alpha value is -1.35. The van der Waals surface area contributed by atoms with Gasteiger partial charge in [0.05, 0.1) is 6.26 Å². The quantitative estimate of drug-likeness (QED) is 0.673. The van der Waals surface area contributed by atoms with Gasteiger partial charge in [0, 0.05) is 52.2 Å². The number of hydrogen-bond acceptors (Lipinski definition) is 4. The number of hydrogen-bond donors (Lipinski definition) is 1. The van der Waals surface area contributed by atoms with Crippen molar-refractivity contribution in [1.29, 1.82) is 0 Å². The molecule has 22 heavy (non-hydrogen) atoms. The highest BCUT2D eigenvalue weighted by Crippen LogP contribution is 2.09. The van der Waals surface area contributed by atoms with Gasteiger partial charge < -0.3 is 15.1 Å². The molecule has 2 aliphatic rings. The molecule has 0 radical (unpaired) electrons. The van der Waals surface area contributed by atoms with Crippen LogP contribution in [0.25, 0.3) is 0 Å². The van der Waals surface area contributed by atoms with Gasteiger partial charge in [-0.2, -0.15) is 4.31 Å². The molecule has 3 amide bonds. The van der Waals surface area contributed by atoms with Crippen molar-refractivity contribution in [3.63, 3.8) is 0 Å². The van der Waals surface area contributed by atoms with Crippen molar-refractivity contribution in [2.24, 2.45) is 0 Å². The summed E-state index contributed by atoms with van der Waals surface area (Å²) < 4.78 is 24.2. The van der Waals surface area contributed by atoms with E-state index >= 15 is 0 Å². The molecule has 9 heteroatoms. The van der Waals surface area contributed by atoms with Crippen LogP contribution < -0.4 is 5.32 Å². The van der Waals surface area contributed by atoms with Crippen LogP contribution in [0.1, 0.15) is 19.3 Å². The number of rotatable bonds is 5. The number of urea groups is 1. The van der Waals surface area contributed by atoms with Gasteiger partial charge in [0.25, 0.3) is 0 Å². The van der Waals surface area contributed by atoms with Gasteiger partial charge in [-0.25, -0.2) is 13.2 Å². The van der Waals surface area contributed by atoms with Crippen molar-refractivity contribution in [3.05, 3.63) is 0 Å². The molecular weight excluding hydrogens is 308 g/mol. The second-order valence-electron chi connectivity index (χ2n) is 5.72. The minimum Gasteiger partial charge on any atom is -0.343 e. The average molecular weight is 332 g/mol. The number of piperazine rings is 1. The Labute approximate surface area is 131 Å². The fourth-order valence-corrected chi connectivity index (χ4v) is 3.57. The Morgan fingerprint density at radius 3 is 2.41 bits per heavy atom. The number of sulfonamides is 1. The first-order valence-electron chi connectivity index (χ1n) is 7.63. The van der Waals surface area contributed by atoms with Crippen LogP contribution in [0.4, 0.5) is 4.79 Å². The lowest BCUT2D eigenvalue weighted by molar-refractivity contribution is -0.127. The van der Waals surface area contributed by atoms with E-state index in [9.17, 15) is 18.0 Å². The highest BCUT2D eigenvalue weighted by atomic mass is 32.2. The van der Waals surface area contributed by atoms with Gasteiger partial charge in [-0.1, -0.05) is 0 Å². The van der Waals surface area contributed by atoms with E-state index in [0.717, 1.165) is 19.4 Å². The molecule has 8 nitrogen and oxygen atoms in total. The summed E-state index contributed by atoms with van der Waals surface area (Å²) in [6.45, 7) is 3.52. The maximum absolute atomic E-state index is 12.0. The first-order valence-corrected chi connectivity index (χ1v) is 9.48. The smallest absolute Gasteiger partial charge is 0.317 e. The van der Waals surface area contributed by atoms with Crippen molar-refractivity contribution in [1.82, 2.24) is 19.4 Å². The fraction of sp³-hybridized carbons (Fsp3) is 0.846. The molecule has 2 saturated heterocycles. The molecule has 126 valence electrons. The monoisotopic (exact) mass is 332 g/mol. The van der Waals surface area contributed by atoms with E-state index in [4.69, 9.17) is 0 Å². The van der Waals surface area contributed by atoms with Gasteiger partial charge in [0.1, 0.15) is 0 Å². The maximum Gasteiger partial charge on any atom is 0.317 e. The van der Waals surface area contributed by atoms with Gasteiger partial charge in [-0.3, -0.25) is 4.79 Å². The fourth-order valence-electron chi connectivity index (χ4n) is 2.74. The predicted octanol–water partition coefficient (Wildman–Crippen LogP) is -0.714. The Balaban J connectivity index is 1.63. The zero-order valence-electron chi connectivity index (χ0n) is 13.0. The molecule has 0 aliphatic carbocycles. The second kappa shape index (κ2) is 7.28. The molecule has 0 spiro atoms. The molecule has 0 aromatic heterocycles. The average Bonchev–Trinajstić information content (AvgIpc) is 2.88. The summed E-state index contributed by atoms with van der Waals surface area (Å²) in [5.74, 6) is 0.197. The van der Waals surface area contributed by atoms with Gasteiger partial charge >= 0.3 is 6.03 Å². The highest BCUT2D eigenvalue weighted by molar-refractivity contribution is 7.88. The Morgan fingerprint density at radius 2 is 1.86 bits per heavy atom. The van der Waals surface area contributed by atoms with Crippen molar-refractivity contribution in [2.45, 2.75) is 19.3 Å². The van der Waals surface area contributed by atoms with E-state index in [1.165, 1.54) is 10.6 Å². The normalized spacial score (nSPS) is 20.5. The van der Waals surface area contributed by atoms with Crippen LogP contribution in [-0.2, 0) is 14.8 Å². The summed E-state index contributed by atoms with van der Waals surface area (Å²) >= 11 is 0. The number of nitrogens with one attached hydrogen (secondary N) is 1. The third-order valence-electron chi connectivity index (χ3n) is 4.05. The molecule has 0 bridgehead atoms. The van der Waals surface area contributed by atoms with Gasteiger partial charge in [0.15, 0.2) is 0 Å². The van der Waals surface area contributed by atoms with Crippen LogP contribution in [-0.4, -0.2) is 86.5 Å². The van der Waals surface area contributed by atoms with Crippen LogP contribution in [0.5, 0.6) is 0 Å². The van der Waals surface area contributed by atoms with Crippen molar-refractivity contribution in [2.75, 3.05) is 52.1 Å². The summed E-state index contributed by atoms with van der Waals surface area (Å²) in [6.07, 6.45) is 3.48. The van der Waals surface area contributed by atoms with Crippen molar-refractivity contribution in [3.8, 4) is 0 Å². The molecule has 0 saturated carbocycles. The molecule has 2 heterocycles. The van der Waals surface area contributed by atoms with E-state index < -0.39 is 10.0 Å². The summed E-state index contributed by atoms with van der Waals surface area (Å²) in [5, 5.41) is 2.83. The summed E-state index contributed by atoms with van der Waals surface area (Å²) in [4.78, 5) is 26.9. The first kappa shape index (κ1) is 17.0. The Morgan fingerprint density at radius 1 is 1.18 bits per heavy atom. The lowest BCUT2D eigenvalue weighted by atomic mass is 10.3. The number of nitrogens with zero attached hydrogens (tertiary/aromatic N) is 3. The number of likely N-dealkylation sites (tertiary alicyclic amines) is 1. The van der Waals surface area contributed by atoms with Crippen molar-refractivity contribution >= 4 is 22.0 Å². The predicted molar refractivity (Wildman–Crippen MR) is 81.8 cm³/mol. The van der Waals surface area contributed by atoms with Crippen LogP contribution in [0.15, 0.2) is 0 Å². The molecule has 2 fully saturated rings. The summed E-state index contributed by atoms with van der Waals surface area (Å²) in [7, 11) is -3.17. The molecule has 0 unspecified atom stereocenters. The largest absolute Gasteiger partial charge is 0.343 e. The zero-order valence-corrected chi connectivity index (χ0v) is 13.8. The first-order chi connectivity index (χ1) is 10.4. The summed E-state index contributed by atoms with van der Waals surface area (Å²) in [6, 6.07) is -0.166. The SMILES string of the molecule is CS(=O)(=O)N1CCN(C(=O)NCCCN2CCCC2=O)CC1. The van der Waals surface area contributed by atoms with Crippen LogP contribution in [0.3, 0.4) is 0 Å². The molecule has 2 rings (SSSR count). The second-order valence-corrected chi connectivity index (χ2v) is 7.70. The van der Waals surface area contributed by atoms with Gasteiger partial charge in [-0.15, -0.1) is 0 Å². The summed E-state index contributed by atoms with van der Waals surface area (Å²) in [5.41, 5.74) is 0. The molecule has 0 aromatic rings. The van der Waals surface area contributed by atoms with Crippen LogP contribution in [0.2, 0.25) is 0 Å². The minimum atomic E-state index is -3.17. The van der Waals surface area contributed by atoms with E-state index in [2.05, 4.69) is 5.32 Å². The Bertz CT molecular complexity index is 514. The molecular formula is C13H24N4O4S.